The molecule has 2 rings (SSSR count). The van der Waals surface area contributed by atoms with Crippen molar-refractivity contribution in [3.8, 4) is 0 Å². The zero-order valence-electron chi connectivity index (χ0n) is 10.5. The molecule has 1 aliphatic carbocycles. The Morgan fingerprint density at radius 2 is 2.00 bits per heavy atom. The van der Waals surface area contributed by atoms with Gasteiger partial charge in [0.25, 0.3) is 0 Å². The lowest BCUT2D eigenvalue weighted by atomic mass is 9.66. The molecule has 0 N–H and O–H groups in total. The summed E-state index contributed by atoms with van der Waals surface area (Å²) in [6, 6.07) is 0. The van der Waals surface area contributed by atoms with E-state index in [0.29, 0.717) is 5.92 Å². The molecule has 1 heterocycles. The summed E-state index contributed by atoms with van der Waals surface area (Å²) in [6.45, 7) is 2.13. The van der Waals surface area contributed by atoms with Crippen molar-refractivity contribution in [2.24, 2.45) is 11.3 Å². The van der Waals surface area contributed by atoms with Gasteiger partial charge < -0.3 is 4.74 Å². The fraction of sp³-hybridized carbons (Fsp3) is 0.917. The Bertz CT molecular complexity index is 423. The minimum Gasteiger partial charge on any atom is -0.461 e. The van der Waals surface area contributed by atoms with Crippen molar-refractivity contribution in [3.05, 3.63) is 0 Å². The van der Waals surface area contributed by atoms with Gasteiger partial charge in [0.1, 0.15) is 11.9 Å². The third-order valence-electron chi connectivity index (χ3n) is 4.48. The van der Waals surface area contributed by atoms with Crippen molar-refractivity contribution < 1.29 is 21.8 Å². The van der Waals surface area contributed by atoms with E-state index in [1.54, 1.807) is 0 Å². The van der Waals surface area contributed by atoms with Crippen molar-refractivity contribution in [3.63, 3.8) is 0 Å². The number of ether oxygens (including phenoxy) is 1. The Balaban J connectivity index is 2.12. The maximum atomic E-state index is 12.8. The average Bonchev–Trinajstić information content (AvgIpc) is 2.54. The van der Waals surface area contributed by atoms with Crippen molar-refractivity contribution in [2.75, 3.05) is 5.75 Å². The summed E-state index contributed by atoms with van der Waals surface area (Å²) in [5.74, 6) is -0.442. The number of rotatable bonds is 3. The van der Waals surface area contributed by atoms with E-state index < -0.39 is 33.5 Å². The molecule has 1 aliphatic heterocycles. The second-order valence-electron chi connectivity index (χ2n) is 5.57. The first-order valence-electron chi connectivity index (χ1n) is 6.46. The van der Waals surface area contributed by atoms with Gasteiger partial charge in [-0.15, -0.1) is 3.89 Å². The number of hydrogen-bond donors (Lipinski definition) is 0. The molecule has 18 heavy (non-hydrogen) atoms. The fourth-order valence-corrected chi connectivity index (χ4v) is 4.06. The molecule has 6 heteroatoms. The van der Waals surface area contributed by atoms with Crippen LogP contribution in [-0.4, -0.2) is 26.2 Å². The van der Waals surface area contributed by atoms with Gasteiger partial charge in [-0.1, -0.05) is 13.3 Å². The smallest absolute Gasteiger partial charge is 0.306 e. The molecule has 1 atom stereocenters. The number of carbonyl (C=O) groups is 1. The molecule has 0 aromatic carbocycles. The van der Waals surface area contributed by atoms with E-state index in [1.807, 2.05) is 0 Å². The van der Waals surface area contributed by atoms with Crippen LogP contribution in [0.4, 0.5) is 3.89 Å². The Morgan fingerprint density at radius 1 is 1.39 bits per heavy atom. The molecule has 4 nitrogen and oxygen atoms in total. The lowest BCUT2D eigenvalue weighted by molar-refractivity contribution is -0.141. The van der Waals surface area contributed by atoms with Crippen LogP contribution in [-0.2, 0) is 19.8 Å². The van der Waals surface area contributed by atoms with E-state index in [0.717, 1.165) is 32.1 Å². The largest absolute Gasteiger partial charge is 0.461 e. The molecule has 1 saturated carbocycles. The fourth-order valence-electron chi connectivity index (χ4n) is 3.28. The average molecular weight is 278 g/mol. The quantitative estimate of drug-likeness (QED) is 0.586. The number of hydrogen-bond acceptors (Lipinski definition) is 4. The van der Waals surface area contributed by atoms with Gasteiger partial charge >= 0.3 is 16.2 Å². The van der Waals surface area contributed by atoms with Crippen LogP contribution in [0, 0.1) is 11.3 Å². The number of carbonyl (C=O) groups excluding carboxylic acids is 1. The Hall–Kier alpha value is -0.650. The summed E-state index contributed by atoms with van der Waals surface area (Å²) in [5, 5.41) is 0. The zero-order valence-corrected chi connectivity index (χ0v) is 11.3. The molecular weight excluding hydrogens is 259 g/mol. The number of esters is 1. The van der Waals surface area contributed by atoms with Crippen LogP contribution in [0.1, 0.15) is 45.4 Å². The van der Waals surface area contributed by atoms with Gasteiger partial charge in [0.2, 0.25) is 0 Å². The van der Waals surface area contributed by atoms with Crippen molar-refractivity contribution in [1.82, 2.24) is 0 Å². The summed E-state index contributed by atoms with van der Waals surface area (Å²) >= 11 is 0. The monoisotopic (exact) mass is 278 g/mol. The van der Waals surface area contributed by atoms with E-state index in [9.17, 15) is 17.1 Å². The van der Waals surface area contributed by atoms with E-state index in [1.165, 1.54) is 0 Å². The third-order valence-corrected chi connectivity index (χ3v) is 5.18. The topological polar surface area (TPSA) is 60.4 Å². The highest BCUT2D eigenvalue weighted by atomic mass is 32.3. The second kappa shape index (κ2) is 4.79. The van der Waals surface area contributed by atoms with Gasteiger partial charge in [0.05, 0.1) is 6.42 Å². The number of halogens is 1. The van der Waals surface area contributed by atoms with Gasteiger partial charge in [0, 0.05) is 5.41 Å². The van der Waals surface area contributed by atoms with Gasteiger partial charge in [0.15, 0.2) is 0 Å². The molecule has 1 spiro atoms. The molecule has 0 aromatic rings. The Morgan fingerprint density at radius 3 is 2.50 bits per heavy atom. The molecule has 0 amide bonds. The standard InChI is InChI=1S/C12H19FO4S/c1-2-9-3-5-12(6-4-9)7-11(14)17-10(12)8-18(13,15)16/h9-10H,2-8H2,1H3. The van der Waals surface area contributed by atoms with Crippen molar-refractivity contribution in [2.45, 2.75) is 51.6 Å². The molecular formula is C12H19FO4S. The van der Waals surface area contributed by atoms with E-state index in [-0.39, 0.29) is 6.42 Å². The lowest BCUT2D eigenvalue weighted by Crippen LogP contribution is -2.38. The van der Waals surface area contributed by atoms with E-state index in [2.05, 4.69) is 6.92 Å². The molecule has 104 valence electrons. The van der Waals surface area contributed by atoms with Gasteiger partial charge in [-0.25, -0.2) is 0 Å². The second-order valence-corrected chi connectivity index (χ2v) is 6.99. The highest BCUT2D eigenvalue weighted by molar-refractivity contribution is 7.86. The minimum atomic E-state index is -4.60. The highest BCUT2D eigenvalue weighted by Crippen LogP contribution is 2.49. The zero-order chi connectivity index (χ0) is 13.4. The van der Waals surface area contributed by atoms with Crippen LogP contribution in [0.25, 0.3) is 0 Å². The summed E-state index contributed by atoms with van der Waals surface area (Å²) < 4.78 is 39.4. The number of cyclic esters (lactones) is 1. The van der Waals surface area contributed by atoms with E-state index in [4.69, 9.17) is 4.74 Å². The SMILES string of the molecule is CCC1CCC2(CC1)CC(=O)OC2CS(=O)(=O)F. The normalized spacial score (nSPS) is 36.9. The van der Waals surface area contributed by atoms with Crippen molar-refractivity contribution >= 4 is 16.2 Å². The molecule has 0 aromatic heterocycles. The van der Waals surface area contributed by atoms with Crippen LogP contribution in [0.3, 0.4) is 0 Å². The Kier molecular flexibility index (Phi) is 3.67. The highest BCUT2D eigenvalue weighted by Gasteiger charge is 2.51. The van der Waals surface area contributed by atoms with Crippen LogP contribution in [0.15, 0.2) is 0 Å². The molecule has 2 aliphatic rings. The summed E-state index contributed by atoms with van der Waals surface area (Å²) in [4.78, 5) is 11.4. The first-order chi connectivity index (χ1) is 8.35. The molecule has 1 unspecified atom stereocenters. The van der Waals surface area contributed by atoms with Gasteiger partial charge in [-0.05, 0) is 31.6 Å². The minimum absolute atomic E-state index is 0.240. The van der Waals surface area contributed by atoms with Gasteiger partial charge in [-0.3, -0.25) is 4.79 Å². The van der Waals surface area contributed by atoms with E-state index >= 15 is 0 Å². The van der Waals surface area contributed by atoms with Crippen LogP contribution >= 0.6 is 0 Å². The van der Waals surface area contributed by atoms with Gasteiger partial charge in [-0.2, -0.15) is 8.42 Å². The third kappa shape index (κ3) is 2.84. The first-order valence-corrected chi connectivity index (χ1v) is 8.02. The molecule has 1 saturated heterocycles. The Labute approximate surface area is 107 Å². The maximum Gasteiger partial charge on any atom is 0.306 e. The van der Waals surface area contributed by atoms with Crippen LogP contribution < -0.4 is 0 Å². The molecule has 2 fully saturated rings. The van der Waals surface area contributed by atoms with Crippen molar-refractivity contribution in [1.29, 1.82) is 0 Å². The first kappa shape index (κ1) is 13.8. The van der Waals surface area contributed by atoms with Crippen LogP contribution in [0.5, 0.6) is 0 Å². The van der Waals surface area contributed by atoms with Crippen LogP contribution in [0.2, 0.25) is 0 Å². The summed E-state index contributed by atoms with van der Waals surface area (Å²) in [6.07, 6.45) is 4.00. The predicted molar refractivity (Wildman–Crippen MR) is 64.1 cm³/mol. The summed E-state index contributed by atoms with van der Waals surface area (Å²) in [7, 11) is -4.60. The molecule has 0 radical (unpaired) electrons. The predicted octanol–water partition coefficient (Wildman–Crippen LogP) is 2.19. The molecule has 0 bridgehead atoms. The maximum absolute atomic E-state index is 12.8. The lowest BCUT2D eigenvalue weighted by Gasteiger charge is -2.38. The summed E-state index contributed by atoms with van der Waals surface area (Å²) in [5.41, 5.74) is -0.443.